The zero-order valence-electron chi connectivity index (χ0n) is 10.3. The number of carbonyl (C=O) groups excluding carboxylic acids is 3. The first kappa shape index (κ1) is 14.4. The SMILES string of the molecule is C=CC=C.COC(=O)c1ccc2c(c1)C(=O)OC2=O. The third-order valence-electron chi connectivity index (χ3n) is 2.23. The molecule has 0 bridgehead atoms. The molecule has 0 aliphatic carbocycles. The molecule has 5 heteroatoms. The van der Waals surface area contributed by atoms with Gasteiger partial charge in [0.2, 0.25) is 0 Å². The molecule has 0 unspecified atom stereocenters. The predicted molar refractivity (Wildman–Crippen MR) is 67.9 cm³/mol. The molecule has 0 radical (unpaired) electrons. The van der Waals surface area contributed by atoms with Crippen LogP contribution in [-0.2, 0) is 9.47 Å². The average Bonchev–Trinajstić information content (AvgIpc) is 2.73. The number of methoxy groups -OCH3 is 1. The van der Waals surface area contributed by atoms with Crippen LogP contribution in [-0.4, -0.2) is 25.0 Å². The lowest BCUT2D eigenvalue weighted by molar-refractivity contribution is 0.0443. The number of hydrogen-bond acceptors (Lipinski definition) is 5. The second-order valence-corrected chi connectivity index (χ2v) is 3.40. The minimum atomic E-state index is -0.735. The number of benzene rings is 1. The van der Waals surface area contributed by atoms with Crippen molar-refractivity contribution in [3.05, 3.63) is 60.2 Å². The van der Waals surface area contributed by atoms with Gasteiger partial charge in [0.05, 0.1) is 23.8 Å². The van der Waals surface area contributed by atoms with Gasteiger partial charge in [-0.25, -0.2) is 14.4 Å². The highest BCUT2D eigenvalue weighted by Gasteiger charge is 2.30. The molecule has 98 valence electrons. The van der Waals surface area contributed by atoms with Gasteiger partial charge >= 0.3 is 17.9 Å². The molecular formula is C14H12O5. The molecule has 1 aromatic carbocycles. The minimum Gasteiger partial charge on any atom is -0.465 e. The van der Waals surface area contributed by atoms with Gasteiger partial charge in [-0.1, -0.05) is 25.3 Å². The van der Waals surface area contributed by atoms with Crippen molar-refractivity contribution in [1.82, 2.24) is 0 Å². The molecule has 0 N–H and O–H groups in total. The number of hydrogen-bond donors (Lipinski definition) is 0. The third-order valence-corrected chi connectivity index (χ3v) is 2.23. The number of allylic oxidation sites excluding steroid dienone is 2. The Morgan fingerprint density at radius 2 is 1.74 bits per heavy atom. The molecule has 0 spiro atoms. The molecule has 5 nitrogen and oxygen atoms in total. The first-order valence-corrected chi connectivity index (χ1v) is 5.27. The Bertz CT molecular complexity index is 551. The summed E-state index contributed by atoms with van der Waals surface area (Å²) >= 11 is 0. The Labute approximate surface area is 110 Å². The summed E-state index contributed by atoms with van der Waals surface area (Å²) in [5.74, 6) is -1.99. The molecule has 0 aromatic heterocycles. The van der Waals surface area contributed by atoms with E-state index < -0.39 is 17.9 Å². The van der Waals surface area contributed by atoms with Crippen molar-refractivity contribution in [2.45, 2.75) is 0 Å². The Kier molecular flexibility index (Phi) is 4.76. The van der Waals surface area contributed by atoms with Gasteiger partial charge < -0.3 is 9.47 Å². The fraction of sp³-hybridized carbons (Fsp3) is 0.0714. The van der Waals surface area contributed by atoms with E-state index in [-0.39, 0.29) is 16.7 Å². The van der Waals surface area contributed by atoms with Crippen LogP contribution in [0.5, 0.6) is 0 Å². The fourth-order valence-corrected chi connectivity index (χ4v) is 1.33. The van der Waals surface area contributed by atoms with Gasteiger partial charge in [0, 0.05) is 0 Å². The molecule has 0 amide bonds. The van der Waals surface area contributed by atoms with E-state index >= 15 is 0 Å². The van der Waals surface area contributed by atoms with Crippen LogP contribution < -0.4 is 0 Å². The van der Waals surface area contributed by atoms with E-state index in [0.29, 0.717) is 0 Å². The second-order valence-electron chi connectivity index (χ2n) is 3.40. The average molecular weight is 260 g/mol. The number of carbonyl (C=O) groups is 3. The van der Waals surface area contributed by atoms with E-state index in [1.807, 2.05) is 0 Å². The molecule has 0 saturated heterocycles. The zero-order chi connectivity index (χ0) is 14.4. The van der Waals surface area contributed by atoms with Crippen molar-refractivity contribution in [2.75, 3.05) is 7.11 Å². The van der Waals surface area contributed by atoms with Crippen LogP contribution in [0.25, 0.3) is 0 Å². The van der Waals surface area contributed by atoms with Crippen LogP contribution in [0.4, 0.5) is 0 Å². The monoisotopic (exact) mass is 260 g/mol. The van der Waals surface area contributed by atoms with Crippen molar-refractivity contribution >= 4 is 17.9 Å². The summed E-state index contributed by atoms with van der Waals surface area (Å²) in [4.78, 5) is 33.4. The number of fused-ring (bicyclic) bond motifs is 1. The van der Waals surface area contributed by atoms with Crippen molar-refractivity contribution in [1.29, 1.82) is 0 Å². The quantitative estimate of drug-likeness (QED) is 0.463. The Balaban J connectivity index is 0.000000399. The molecule has 0 fully saturated rings. The number of cyclic esters (lactones) is 2. The Hall–Kier alpha value is -2.69. The van der Waals surface area contributed by atoms with Crippen LogP contribution in [0, 0.1) is 0 Å². The van der Waals surface area contributed by atoms with Crippen molar-refractivity contribution in [3.63, 3.8) is 0 Å². The summed E-state index contributed by atoms with van der Waals surface area (Å²) < 4.78 is 8.85. The summed E-state index contributed by atoms with van der Waals surface area (Å²) in [6, 6.07) is 4.06. The number of esters is 3. The first-order valence-electron chi connectivity index (χ1n) is 5.27. The third kappa shape index (κ3) is 3.16. The highest BCUT2D eigenvalue weighted by Crippen LogP contribution is 2.21. The minimum absolute atomic E-state index is 0.0999. The summed E-state index contributed by atoms with van der Waals surface area (Å²) in [6.45, 7) is 6.72. The maximum atomic E-state index is 11.1. The molecule has 1 heterocycles. The Morgan fingerprint density at radius 3 is 2.26 bits per heavy atom. The van der Waals surface area contributed by atoms with Crippen LogP contribution in [0.2, 0.25) is 0 Å². The van der Waals surface area contributed by atoms with Crippen LogP contribution in [0.15, 0.2) is 43.5 Å². The Morgan fingerprint density at radius 1 is 1.16 bits per heavy atom. The summed E-state index contributed by atoms with van der Waals surface area (Å²) in [7, 11) is 1.24. The molecular weight excluding hydrogens is 248 g/mol. The normalized spacial score (nSPS) is 11.6. The van der Waals surface area contributed by atoms with Crippen molar-refractivity contribution in [3.8, 4) is 0 Å². The molecule has 19 heavy (non-hydrogen) atoms. The first-order chi connectivity index (χ1) is 9.04. The van der Waals surface area contributed by atoms with E-state index in [0.717, 1.165) is 0 Å². The van der Waals surface area contributed by atoms with E-state index in [9.17, 15) is 14.4 Å². The lowest BCUT2D eigenvalue weighted by atomic mass is 10.1. The molecule has 1 aliphatic heterocycles. The highest BCUT2D eigenvalue weighted by atomic mass is 16.6. The topological polar surface area (TPSA) is 69.7 Å². The molecule has 0 saturated carbocycles. The smallest absolute Gasteiger partial charge is 0.346 e. The largest absolute Gasteiger partial charge is 0.465 e. The molecule has 1 aliphatic rings. The van der Waals surface area contributed by atoms with Crippen LogP contribution >= 0.6 is 0 Å². The molecule has 2 rings (SSSR count). The van der Waals surface area contributed by atoms with Crippen LogP contribution in [0.3, 0.4) is 0 Å². The lowest BCUT2D eigenvalue weighted by Crippen LogP contribution is -2.03. The van der Waals surface area contributed by atoms with Gasteiger partial charge in [0.15, 0.2) is 0 Å². The van der Waals surface area contributed by atoms with Crippen molar-refractivity contribution < 1.29 is 23.9 Å². The standard InChI is InChI=1S/C10H6O5.C4H6/c1-14-8(11)5-2-3-6-7(4-5)10(13)15-9(6)12;1-3-4-2/h2-4H,1H3;3-4H,1-2H2. The van der Waals surface area contributed by atoms with E-state index in [4.69, 9.17) is 0 Å². The summed E-state index contributed by atoms with van der Waals surface area (Å²) in [5.41, 5.74) is 0.485. The fourth-order valence-electron chi connectivity index (χ4n) is 1.33. The van der Waals surface area contributed by atoms with Gasteiger partial charge in [-0.15, -0.1) is 0 Å². The zero-order valence-corrected chi connectivity index (χ0v) is 10.3. The van der Waals surface area contributed by atoms with Crippen LogP contribution in [0.1, 0.15) is 31.1 Å². The van der Waals surface area contributed by atoms with Gasteiger partial charge in [0.1, 0.15) is 0 Å². The second kappa shape index (κ2) is 6.30. The maximum Gasteiger partial charge on any atom is 0.346 e. The molecule has 0 atom stereocenters. The lowest BCUT2D eigenvalue weighted by Gasteiger charge is -1.99. The number of ether oxygens (including phenoxy) is 2. The van der Waals surface area contributed by atoms with E-state index in [1.165, 1.54) is 25.3 Å². The maximum absolute atomic E-state index is 11.1. The van der Waals surface area contributed by atoms with E-state index in [1.54, 1.807) is 12.2 Å². The van der Waals surface area contributed by atoms with Gasteiger partial charge in [0.25, 0.3) is 0 Å². The van der Waals surface area contributed by atoms with Gasteiger partial charge in [-0.3, -0.25) is 0 Å². The highest BCUT2D eigenvalue weighted by molar-refractivity contribution is 6.15. The molecule has 1 aromatic rings. The number of rotatable bonds is 2. The summed E-state index contributed by atoms with van der Waals surface area (Å²) in [5, 5.41) is 0. The van der Waals surface area contributed by atoms with Gasteiger partial charge in [-0.05, 0) is 18.2 Å². The van der Waals surface area contributed by atoms with Gasteiger partial charge in [-0.2, -0.15) is 0 Å². The van der Waals surface area contributed by atoms with E-state index in [2.05, 4.69) is 22.6 Å². The predicted octanol–water partition coefficient (Wildman–Crippen LogP) is 2.14. The van der Waals surface area contributed by atoms with Crippen molar-refractivity contribution in [2.24, 2.45) is 0 Å². The summed E-state index contributed by atoms with van der Waals surface area (Å²) in [6.07, 6.45) is 3.28.